The van der Waals surface area contributed by atoms with Crippen molar-refractivity contribution in [1.82, 2.24) is 19.5 Å². The minimum Gasteiger partial charge on any atom is -0.469 e. The van der Waals surface area contributed by atoms with Gasteiger partial charge in [-0.25, -0.2) is 4.98 Å². The first-order valence-electron chi connectivity index (χ1n) is 9.02. The molecule has 4 heterocycles. The van der Waals surface area contributed by atoms with Crippen LogP contribution in [0.2, 0.25) is 5.02 Å². The highest BCUT2D eigenvalue weighted by molar-refractivity contribution is 6.30. The number of benzene rings is 1. The zero-order valence-electron chi connectivity index (χ0n) is 15.2. The fourth-order valence-corrected chi connectivity index (χ4v) is 3.49. The number of aromatic nitrogens is 4. The van der Waals surface area contributed by atoms with Crippen LogP contribution < -0.4 is 5.56 Å². The maximum Gasteiger partial charge on any atom is 0.278 e. The second kappa shape index (κ2) is 7.07. The van der Waals surface area contributed by atoms with Gasteiger partial charge in [-0.1, -0.05) is 41.9 Å². The lowest BCUT2D eigenvalue weighted by Gasteiger charge is -2.13. The van der Waals surface area contributed by atoms with Crippen molar-refractivity contribution >= 4 is 11.6 Å². The summed E-state index contributed by atoms with van der Waals surface area (Å²) in [5.41, 5.74) is 3.38. The molecule has 2 aromatic heterocycles. The van der Waals surface area contributed by atoms with Crippen LogP contribution in [0.3, 0.4) is 0 Å². The van der Waals surface area contributed by atoms with Gasteiger partial charge in [0.2, 0.25) is 0 Å². The van der Waals surface area contributed by atoms with Gasteiger partial charge in [0.05, 0.1) is 29.1 Å². The summed E-state index contributed by atoms with van der Waals surface area (Å²) in [4.78, 5) is 25.3. The summed E-state index contributed by atoms with van der Waals surface area (Å²) in [5.74, 6) is 1.20. The first-order chi connectivity index (χ1) is 14.2. The number of aromatic amines is 1. The highest BCUT2D eigenvalue weighted by Gasteiger charge is 2.22. The highest BCUT2D eigenvalue weighted by Crippen LogP contribution is 2.29. The van der Waals surface area contributed by atoms with Crippen molar-refractivity contribution in [3.63, 3.8) is 0 Å². The fraction of sp³-hybridized carbons (Fsp3) is 0.0455. The van der Waals surface area contributed by atoms with Gasteiger partial charge in [0, 0.05) is 24.2 Å². The molecule has 0 bridgehead atoms. The lowest BCUT2D eigenvalue weighted by molar-refractivity contribution is 0.519. The lowest BCUT2D eigenvalue weighted by atomic mass is 10.1. The Hall–Kier alpha value is -3.64. The summed E-state index contributed by atoms with van der Waals surface area (Å²) in [6.07, 6.45) is 6.93. The van der Waals surface area contributed by atoms with E-state index in [0.29, 0.717) is 34.4 Å². The minimum atomic E-state index is -0.182. The number of pyridine rings is 1. The number of nitrogens with zero attached hydrogens (tertiary/aromatic N) is 3. The molecule has 0 aliphatic carbocycles. The number of imidazole rings is 1. The quantitative estimate of drug-likeness (QED) is 0.478. The first kappa shape index (κ1) is 17.5. The van der Waals surface area contributed by atoms with E-state index in [2.05, 4.69) is 15.0 Å². The summed E-state index contributed by atoms with van der Waals surface area (Å²) in [5, 5.41) is 0.504. The minimum absolute atomic E-state index is 0.182. The smallest absolute Gasteiger partial charge is 0.278 e. The van der Waals surface area contributed by atoms with Crippen molar-refractivity contribution in [2.75, 3.05) is 0 Å². The SMILES string of the molecule is O=c1c(Cc2ccco2)nc2c(-c3cncc(Cl)c3)[nH]c(-c3ccccc3)cn1-2. The van der Waals surface area contributed by atoms with Gasteiger partial charge >= 0.3 is 0 Å². The number of fused-ring (bicyclic) bond motifs is 1. The van der Waals surface area contributed by atoms with Crippen LogP contribution in [-0.2, 0) is 6.42 Å². The fourth-order valence-electron chi connectivity index (χ4n) is 3.32. The van der Waals surface area contributed by atoms with Crippen LogP contribution >= 0.6 is 11.6 Å². The summed E-state index contributed by atoms with van der Waals surface area (Å²) in [7, 11) is 0. The Bertz CT molecular complexity index is 1310. The zero-order valence-corrected chi connectivity index (χ0v) is 15.9. The average Bonchev–Trinajstić information content (AvgIpc) is 3.37. The van der Waals surface area contributed by atoms with Crippen LogP contribution in [0.25, 0.3) is 28.3 Å². The largest absolute Gasteiger partial charge is 0.469 e. The van der Waals surface area contributed by atoms with Gasteiger partial charge in [-0.15, -0.1) is 0 Å². The Morgan fingerprint density at radius 3 is 2.69 bits per heavy atom. The topological polar surface area (TPSA) is 76.7 Å². The molecule has 29 heavy (non-hydrogen) atoms. The van der Waals surface area contributed by atoms with Gasteiger partial charge in [0.25, 0.3) is 5.56 Å². The highest BCUT2D eigenvalue weighted by atomic mass is 35.5. The molecule has 1 N–H and O–H groups in total. The number of hydrogen-bond donors (Lipinski definition) is 1. The lowest BCUT2D eigenvalue weighted by Crippen LogP contribution is -2.16. The molecular formula is C22H15ClN4O2. The third kappa shape index (κ3) is 3.23. The van der Waals surface area contributed by atoms with Gasteiger partial charge in [-0.2, -0.15) is 0 Å². The number of halogens is 1. The number of furan rings is 1. The van der Waals surface area contributed by atoms with E-state index in [0.717, 1.165) is 16.8 Å². The van der Waals surface area contributed by atoms with Crippen LogP contribution in [0.5, 0.6) is 0 Å². The Kier molecular flexibility index (Phi) is 4.26. The first-order valence-corrected chi connectivity index (χ1v) is 9.40. The summed E-state index contributed by atoms with van der Waals surface area (Å²) < 4.78 is 6.95. The van der Waals surface area contributed by atoms with Crippen LogP contribution in [0.1, 0.15) is 11.5 Å². The van der Waals surface area contributed by atoms with Crippen molar-refractivity contribution in [2.45, 2.75) is 6.42 Å². The third-order valence-electron chi connectivity index (χ3n) is 4.68. The number of rotatable bonds is 4. The molecule has 0 atom stereocenters. The van der Waals surface area contributed by atoms with Crippen molar-refractivity contribution in [3.05, 3.63) is 100 Å². The van der Waals surface area contributed by atoms with E-state index in [9.17, 15) is 4.79 Å². The van der Waals surface area contributed by atoms with Crippen LogP contribution in [-0.4, -0.2) is 19.5 Å². The molecule has 142 valence electrons. The summed E-state index contributed by atoms with van der Waals surface area (Å²) >= 11 is 6.16. The number of hydrogen-bond acceptors (Lipinski definition) is 4. The van der Waals surface area contributed by atoms with Crippen molar-refractivity contribution < 1.29 is 4.42 Å². The molecule has 3 aromatic rings. The molecule has 2 aliphatic rings. The maximum atomic E-state index is 13.1. The van der Waals surface area contributed by atoms with E-state index in [1.54, 1.807) is 41.6 Å². The molecule has 6 nitrogen and oxygen atoms in total. The van der Waals surface area contributed by atoms with Crippen molar-refractivity contribution in [1.29, 1.82) is 0 Å². The Morgan fingerprint density at radius 2 is 1.93 bits per heavy atom. The second-order valence-electron chi connectivity index (χ2n) is 6.61. The van der Waals surface area contributed by atoms with Crippen molar-refractivity contribution in [3.8, 4) is 28.3 Å². The molecular weight excluding hydrogens is 388 g/mol. The second-order valence-corrected chi connectivity index (χ2v) is 7.05. The predicted octanol–water partition coefficient (Wildman–Crippen LogP) is 4.56. The molecule has 0 saturated heterocycles. The molecule has 0 amide bonds. The van der Waals surface area contributed by atoms with Gasteiger partial charge in [-0.3, -0.25) is 14.3 Å². The Labute approximate surface area is 170 Å². The molecule has 2 aliphatic heterocycles. The summed E-state index contributed by atoms with van der Waals surface area (Å²) in [6, 6.07) is 15.2. The van der Waals surface area contributed by atoms with Crippen molar-refractivity contribution in [2.24, 2.45) is 0 Å². The van der Waals surface area contributed by atoms with Gasteiger partial charge < -0.3 is 9.40 Å². The van der Waals surface area contributed by atoms with E-state index >= 15 is 0 Å². The number of H-pyrrole nitrogens is 1. The third-order valence-corrected chi connectivity index (χ3v) is 4.88. The van der Waals surface area contributed by atoms with Gasteiger partial charge in [0.15, 0.2) is 5.82 Å². The zero-order chi connectivity index (χ0) is 19.8. The molecule has 0 radical (unpaired) electrons. The summed E-state index contributed by atoms with van der Waals surface area (Å²) in [6.45, 7) is 0. The van der Waals surface area contributed by atoms with Crippen LogP contribution in [0, 0.1) is 0 Å². The molecule has 0 spiro atoms. The normalized spacial score (nSPS) is 11.2. The van der Waals surface area contributed by atoms with E-state index < -0.39 is 0 Å². The van der Waals surface area contributed by atoms with Crippen LogP contribution in [0.15, 0.2) is 82.6 Å². The molecule has 0 unspecified atom stereocenters. The molecule has 1 aromatic carbocycles. The van der Waals surface area contributed by atoms with E-state index in [1.807, 2.05) is 36.4 Å². The monoisotopic (exact) mass is 402 g/mol. The molecule has 5 rings (SSSR count). The van der Waals surface area contributed by atoms with Gasteiger partial charge in [-0.05, 0) is 23.8 Å². The molecule has 7 heteroatoms. The molecule has 0 fully saturated rings. The van der Waals surface area contributed by atoms with E-state index in [1.165, 1.54) is 0 Å². The van der Waals surface area contributed by atoms with Crippen LogP contribution in [0.4, 0.5) is 0 Å². The number of nitrogens with one attached hydrogen (secondary N) is 1. The van der Waals surface area contributed by atoms with Gasteiger partial charge in [0.1, 0.15) is 11.5 Å². The Balaban J connectivity index is 1.75. The van der Waals surface area contributed by atoms with E-state index in [-0.39, 0.29) is 5.56 Å². The Morgan fingerprint density at radius 1 is 1.07 bits per heavy atom. The van der Waals surface area contributed by atoms with E-state index in [4.69, 9.17) is 16.0 Å². The average molecular weight is 403 g/mol. The maximum absolute atomic E-state index is 13.1. The standard InChI is InChI=1S/C22H15ClN4O2/c23-16-9-15(11-24-12-16)20-21-26-18(10-17-7-4-8-29-17)22(28)27(21)13-19(25-20)14-5-2-1-3-6-14/h1-9,11-13,25H,10H2. The molecule has 0 saturated carbocycles. The predicted molar refractivity (Wildman–Crippen MR) is 111 cm³/mol.